The number of carbonyl (C=O) groups excluding carboxylic acids is 1. The number of carbonyl (C=O) groups is 1. The Morgan fingerprint density at radius 3 is 2.19 bits per heavy atom. The van der Waals surface area contributed by atoms with Crippen LogP contribution >= 0.6 is 0 Å². The third kappa shape index (κ3) is 4.68. The Morgan fingerprint density at radius 1 is 0.968 bits per heavy atom. The Morgan fingerprint density at radius 2 is 1.61 bits per heavy atom. The summed E-state index contributed by atoms with van der Waals surface area (Å²) in [6.07, 6.45) is 2.88. The zero-order valence-corrected chi connectivity index (χ0v) is 19.0. The molecule has 2 aromatic rings. The number of aryl methyl sites for hydroxylation is 2. The predicted molar refractivity (Wildman–Crippen MR) is 116 cm³/mol. The van der Waals surface area contributed by atoms with Gasteiger partial charge < -0.3 is 9.42 Å². The van der Waals surface area contributed by atoms with Gasteiger partial charge in [0.25, 0.3) is 5.91 Å². The maximum Gasteiger partial charge on any atom is 0.253 e. The Labute approximate surface area is 183 Å². The van der Waals surface area contributed by atoms with E-state index in [1.807, 2.05) is 18.7 Å². The van der Waals surface area contributed by atoms with Crippen molar-refractivity contribution in [1.82, 2.24) is 19.3 Å². The van der Waals surface area contributed by atoms with Crippen molar-refractivity contribution >= 4 is 15.9 Å². The number of benzene rings is 1. The van der Waals surface area contributed by atoms with E-state index in [9.17, 15) is 13.2 Å². The van der Waals surface area contributed by atoms with E-state index in [0.29, 0.717) is 31.7 Å². The molecule has 0 radical (unpaired) electrons. The summed E-state index contributed by atoms with van der Waals surface area (Å²) in [6.45, 7) is 8.60. The Bertz CT molecular complexity index is 999. The van der Waals surface area contributed by atoms with Gasteiger partial charge in [-0.25, -0.2) is 8.42 Å². The van der Waals surface area contributed by atoms with E-state index >= 15 is 0 Å². The van der Waals surface area contributed by atoms with Crippen molar-refractivity contribution in [2.75, 3.05) is 39.3 Å². The molecule has 0 N–H and O–H groups in total. The summed E-state index contributed by atoms with van der Waals surface area (Å²) in [7, 11) is -3.48. The molecule has 4 rings (SSSR count). The first-order chi connectivity index (χ1) is 14.9. The summed E-state index contributed by atoms with van der Waals surface area (Å²) in [6, 6.07) is 6.39. The highest BCUT2D eigenvalue weighted by Crippen LogP contribution is 2.22. The molecule has 1 amide bonds. The number of aromatic nitrogens is 1. The van der Waals surface area contributed by atoms with Crippen LogP contribution in [0.25, 0.3) is 0 Å². The Kier molecular flexibility index (Phi) is 6.45. The lowest BCUT2D eigenvalue weighted by molar-refractivity contribution is 0.0627. The average Bonchev–Trinajstić information content (AvgIpc) is 3.12. The molecule has 2 fully saturated rings. The van der Waals surface area contributed by atoms with Gasteiger partial charge in [-0.2, -0.15) is 4.31 Å². The molecule has 3 heterocycles. The lowest BCUT2D eigenvalue weighted by Gasteiger charge is -2.34. The van der Waals surface area contributed by atoms with Gasteiger partial charge in [0.15, 0.2) is 0 Å². The van der Waals surface area contributed by atoms with Gasteiger partial charge in [0.05, 0.1) is 10.6 Å². The number of piperidine rings is 1. The van der Waals surface area contributed by atoms with Gasteiger partial charge in [0, 0.05) is 56.9 Å². The molecule has 2 aliphatic heterocycles. The summed E-state index contributed by atoms with van der Waals surface area (Å²) in [4.78, 5) is 17.3. The van der Waals surface area contributed by atoms with Gasteiger partial charge in [0.1, 0.15) is 5.76 Å². The second kappa shape index (κ2) is 9.10. The summed E-state index contributed by atoms with van der Waals surface area (Å²) in [5.74, 6) is 0.787. The highest BCUT2D eigenvalue weighted by molar-refractivity contribution is 7.89. The molecule has 1 aromatic heterocycles. The van der Waals surface area contributed by atoms with E-state index in [1.54, 1.807) is 28.6 Å². The van der Waals surface area contributed by atoms with Crippen LogP contribution in [0.2, 0.25) is 0 Å². The van der Waals surface area contributed by atoms with Crippen molar-refractivity contribution in [3.8, 4) is 0 Å². The molecule has 0 spiro atoms. The zero-order chi connectivity index (χ0) is 22.0. The van der Waals surface area contributed by atoms with Crippen molar-refractivity contribution in [2.24, 2.45) is 0 Å². The van der Waals surface area contributed by atoms with Gasteiger partial charge in [-0.1, -0.05) is 11.6 Å². The number of rotatable bonds is 5. The smallest absolute Gasteiger partial charge is 0.253 e. The fourth-order valence-electron chi connectivity index (χ4n) is 4.27. The first-order valence-corrected chi connectivity index (χ1v) is 12.3. The minimum Gasteiger partial charge on any atom is -0.361 e. The van der Waals surface area contributed by atoms with Crippen LogP contribution in [0.15, 0.2) is 33.7 Å². The van der Waals surface area contributed by atoms with Gasteiger partial charge in [-0.05, 0) is 51.0 Å². The first kappa shape index (κ1) is 22.0. The van der Waals surface area contributed by atoms with Crippen LogP contribution < -0.4 is 0 Å². The highest BCUT2D eigenvalue weighted by atomic mass is 32.2. The Balaban J connectivity index is 1.36. The van der Waals surface area contributed by atoms with Crippen LogP contribution in [0.4, 0.5) is 0 Å². The van der Waals surface area contributed by atoms with E-state index in [0.717, 1.165) is 55.9 Å². The summed E-state index contributed by atoms with van der Waals surface area (Å²) in [5.41, 5.74) is 2.55. The monoisotopic (exact) mass is 446 g/mol. The molecule has 2 saturated heterocycles. The van der Waals surface area contributed by atoms with Crippen LogP contribution in [0, 0.1) is 13.8 Å². The van der Waals surface area contributed by atoms with Crippen molar-refractivity contribution < 1.29 is 17.7 Å². The topological polar surface area (TPSA) is 87.0 Å². The van der Waals surface area contributed by atoms with Crippen molar-refractivity contribution in [3.05, 3.63) is 46.8 Å². The predicted octanol–water partition coefficient (Wildman–Crippen LogP) is 2.42. The third-order valence-electron chi connectivity index (χ3n) is 6.28. The maximum absolute atomic E-state index is 12.9. The molecule has 31 heavy (non-hydrogen) atoms. The molecule has 168 valence electrons. The van der Waals surface area contributed by atoms with Crippen molar-refractivity contribution in [3.63, 3.8) is 0 Å². The molecule has 8 nitrogen and oxygen atoms in total. The van der Waals surface area contributed by atoms with Crippen LogP contribution in [-0.4, -0.2) is 72.9 Å². The SMILES string of the molecule is Cc1noc(C)c1CN1CCN(C(=O)c2ccc(S(=O)(=O)N3CCCCC3)cc2)CC1. The van der Waals surface area contributed by atoms with Crippen LogP contribution in [0.1, 0.15) is 46.6 Å². The fourth-order valence-corrected chi connectivity index (χ4v) is 5.78. The van der Waals surface area contributed by atoms with Gasteiger partial charge in [-0.3, -0.25) is 9.69 Å². The number of nitrogens with zero attached hydrogens (tertiary/aromatic N) is 4. The van der Waals surface area contributed by atoms with Crippen LogP contribution in [-0.2, 0) is 16.6 Å². The average molecular weight is 447 g/mol. The second-order valence-electron chi connectivity index (χ2n) is 8.36. The van der Waals surface area contributed by atoms with Crippen molar-refractivity contribution in [2.45, 2.75) is 44.6 Å². The normalized spacial score (nSPS) is 19.0. The van der Waals surface area contributed by atoms with Gasteiger partial charge in [-0.15, -0.1) is 0 Å². The molecule has 0 aliphatic carbocycles. The van der Waals surface area contributed by atoms with E-state index in [-0.39, 0.29) is 10.8 Å². The van der Waals surface area contributed by atoms with Crippen molar-refractivity contribution in [1.29, 1.82) is 0 Å². The molecule has 9 heteroatoms. The lowest BCUT2D eigenvalue weighted by atomic mass is 10.1. The molecule has 0 saturated carbocycles. The fraction of sp³-hybridized carbons (Fsp3) is 0.545. The second-order valence-corrected chi connectivity index (χ2v) is 10.3. The first-order valence-electron chi connectivity index (χ1n) is 10.9. The van der Waals surface area contributed by atoms with E-state index < -0.39 is 10.0 Å². The zero-order valence-electron chi connectivity index (χ0n) is 18.2. The maximum atomic E-state index is 12.9. The quantitative estimate of drug-likeness (QED) is 0.701. The minimum absolute atomic E-state index is 0.0566. The molecular weight excluding hydrogens is 416 g/mol. The molecular formula is C22H30N4O4S. The highest BCUT2D eigenvalue weighted by Gasteiger charge is 2.27. The number of piperazine rings is 1. The number of amides is 1. The Hall–Kier alpha value is -2.23. The van der Waals surface area contributed by atoms with Crippen LogP contribution in [0.3, 0.4) is 0 Å². The summed E-state index contributed by atoms with van der Waals surface area (Å²) >= 11 is 0. The molecule has 0 atom stereocenters. The van der Waals surface area contributed by atoms with Gasteiger partial charge >= 0.3 is 0 Å². The number of hydrogen-bond donors (Lipinski definition) is 0. The molecule has 2 aliphatic rings. The van der Waals surface area contributed by atoms with E-state index in [4.69, 9.17) is 4.52 Å². The summed E-state index contributed by atoms with van der Waals surface area (Å²) in [5, 5.41) is 4.01. The number of sulfonamides is 1. The number of hydrogen-bond acceptors (Lipinski definition) is 6. The van der Waals surface area contributed by atoms with Gasteiger partial charge in [0.2, 0.25) is 10.0 Å². The van der Waals surface area contributed by atoms with Crippen LogP contribution in [0.5, 0.6) is 0 Å². The third-order valence-corrected chi connectivity index (χ3v) is 8.19. The largest absolute Gasteiger partial charge is 0.361 e. The van der Waals surface area contributed by atoms with E-state index in [1.165, 1.54) is 0 Å². The molecule has 1 aromatic carbocycles. The lowest BCUT2D eigenvalue weighted by Crippen LogP contribution is -2.48. The standard InChI is InChI=1S/C22H30N4O4S/c1-17-21(18(2)30-23-17)16-24-12-14-25(15-13-24)22(27)19-6-8-20(9-7-19)31(28,29)26-10-4-3-5-11-26/h6-9H,3-5,10-16H2,1-2H3. The summed E-state index contributed by atoms with van der Waals surface area (Å²) < 4.78 is 32.4. The molecule has 0 bridgehead atoms. The minimum atomic E-state index is -3.48. The van der Waals surface area contributed by atoms with E-state index in [2.05, 4.69) is 10.1 Å². The molecule has 0 unspecified atom stereocenters.